The molecule has 0 fully saturated rings. The fourth-order valence-electron chi connectivity index (χ4n) is 8.62. The molecule has 0 spiro atoms. The second kappa shape index (κ2) is 21.0. The normalized spacial score (nSPS) is 26.4. The number of aliphatic hydroxyl groups is 2. The number of carbonyl (C=O) groups is 6. The van der Waals surface area contributed by atoms with Gasteiger partial charge >= 0.3 is 17.7 Å². The van der Waals surface area contributed by atoms with Crippen molar-refractivity contribution in [3.8, 4) is 17.2 Å². The second-order valence-corrected chi connectivity index (χ2v) is 18.1. The van der Waals surface area contributed by atoms with Gasteiger partial charge in [-0.2, -0.15) is 0 Å². The molecule has 366 valence electrons. The molecule has 5 bridgehead atoms. The van der Waals surface area contributed by atoms with Crippen molar-refractivity contribution in [2.75, 3.05) is 19.5 Å². The molecule has 7 rings (SSSR count). The van der Waals surface area contributed by atoms with E-state index in [0.717, 1.165) is 6.26 Å². The third-order valence-corrected chi connectivity index (χ3v) is 13.3. The quantitative estimate of drug-likeness (QED) is 0.133. The van der Waals surface area contributed by atoms with E-state index in [4.69, 9.17) is 40.0 Å². The summed E-state index contributed by atoms with van der Waals surface area (Å²) >= 11 is 6.38. The SMILES string of the molecule is COc1ccc(NC2=C3NC(=O)C(C)=CC=CC(C)C(O)C(C)C(O)C(C)C(OC(C)=O)C(C)C(OC)C=COC4(C)Oc5c(C)c(OC(=O)c6ccc(C)c(Cl)c6)c(c(c5C4=O)C2=O)C3=O)cc1. The van der Waals surface area contributed by atoms with E-state index in [2.05, 4.69) is 10.6 Å². The fraction of sp³-hybridized carbons (Fsp3) is 0.385. The fourth-order valence-corrected chi connectivity index (χ4v) is 8.80. The largest absolute Gasteiger partial charge is 0.497 e. The third kappa shape index (κ3) is 10.4. The van der Waals surface area contributed by atoms with Crippen molar-refractivity contribution >= 4 is 52.5 Å². The Morgan fingerprint density at radius 1 is 0.855 bits per heavy atom. The predicted octanol–water partition coefficient (Wildman–Crippen LogP) is 7.55. The van der Waals surface area contributed by atoms with Gasteiger partial charge in [-0.1, -0.05) is 63.6 Å². The minimum absolute atomic E-state index is 0.00249. The number of ether oxygens (including phenoxy) is 6. The zero-order valence-electron chi connectivity index (χ0n) is 40.2. The van der Waals surface area contributed by atoms with Crippen molar-refractivity contribution in [2.45, 2.75) is 92.5 Å². The lowest BCUT2D eigenvalue weighted by Crippen LogP contribution is -2.46. The van der Waals surface area contributed by atoms with Gasteiger partial charge in [0.2, 0.25) is 11.6 Å². The second-order valence-electron chi connectivity index (χ2n) is 17.7. The molecule has 1 amide bonds. The summed E-state index contributed by atoms with van der Waals surface area (Å²) in [6, 6.07) is 10.8. The lowest BCUT2D eigenvalue weighted by molar-refractivity contribution is -0.160. The van der Waals surface area contributed by atoms with Crippen LogP contribution >= 0.6 is 11.6 Å². The maximum Gasteiger partial charge on any atom is 0.343 e. The molecule has 3 aromatic carbocycles. The third-order valence-electron chi connectivity index (χ3n) is 12.9. The monoisotopic (exact) mass is 968 g/mol. The van der Waals surface area contributed by atoms with Crippen molar-refractivity contribution in [1.29, 1.82) is 0 Å². The van der Waals surface area contributed by atoms with Crippen molar-refractivity contribution < 1.29 is 67.4 Å². The molecule has 69 heavy (non-hydrogen) atoms. The highest BCUT2D eigenvalue weighted by molar-refractivity contribution is 6.34. The zero-order valence-corrected chi connectivity index (χ0v) is 41.0. The van der Waals surface area contributed by atoms with Gasteiger partial charge in [0.25, 0.3) is 11.7 Å². The van der Waals surface area contributed by atoms with Crippen LogP contribution in [0.4, 0.5) is 5.69 Å². The number of nitrogens with one attached hydrogen (secondary N) is 2. The number of benzene rings is 3. The zero-order chi connectivity index (χ0) is 50.8. The first kappa shape index (κ1) is 51.8. The number of halogens is 1. The number of aliphatic hydroxyl groups excluding tert-OH is 2. The van der Waals surface area contributed by atoms with E-state index < -0.39 is 117 Å². The average molecular weight is 969 g/mol. The molecular weight excluding hydrogens is 912 g/mol. The van der Waals surface area contributed by atoms with Crippen LogP contribution in [0, 0.1) is 37.5 Å². The molecule has 9 unspecified atom stereocenters. The molecular formula is C52H57ClN2O14. The number of hydrogen-bond donors (Lipinski definition) is 4. The van der Waals surface area contributed by atoms with Gasteiger partial charge in [-0.05, 0) is 68.8 Å². The van der Waals surface area contributed by atoms with Crippen LogP contribution in [0.1, 0.15) is 101 Å². The lowest BCUT2D eigenvalue weighted by Gasteiger charge is -2.38. The molecule has 0 saturated carbocycles. The number of anilines is 1. The minimum atomic E-state index is -2.21. The molecule has 3 aromatic rings. The van der Waals surface area contributed by atoms with Crippen LogP contribution in [0.15, 0.2) is 90.0 Å². The van der Waals surface area contributed by atoms with Crippen LogP contribution in [-0.4, -0.2) is 89.8 Å². The Hall–Kier alpha value is -6.59. The highest BCUT2D eigenvalue weighted by atomic mass is 35.5. The van der Waals surface area contributed by atoms with Gasteiger partial charge in [-0.3, -0.25) is 24.0 Å². The molecule has 16 nitrogen and oxygen atoms in total. The molecule has 0 aromatic heterocycles. The number of carbonyl (C=O) groups excluding carboxylic acids is 6. The average Bonchev–Trinajstić information content (AvgIpc) is 3.59. The summed E-state index contributed by atoms with van der Waals surface area (Å²) in [7, 11) is 2.88. The van der Waals surface area contributed by atoms with Gasteiger partial charge in [0, 0.05) is 66.5 Å². The Balaban J connectivity index is 1.58. The highest BCUT2D eigenvalue weighted by Gasteiger charge is 2.53. The Morgan fingerprint density at radius 2 is 1.54 bits per heavy atom. The number of ketones is 3. The van der Waals surface area contributed by atoms with Crippen LogP contribution in [-0.2, 0) is 23.8 Å². The Morgan fingerprint density at radius 3 is 2.16 bits per heavy atom. The van der Waals surface area contributed by atoms with E-state index in [-0.39, 0.29) is 38.7 Å². The van der Waals surface area contributed by atoms with E-state index in [1.165, 1.54) is 72.3 Å². The number of Topliss-reactive ketones (excluding diaryl/α,β-unsaturated/α-hetero) is 3. The number of allylic oxidation sites excluding steroid dienone is 4. The van der Waals surface area contributed by atoms with Gasteiger partial charge in [0.05, 0.1) is 53.9 Å². The number of aryl methyl sites for hydroxylation is 1. The Bertz CT molecular complexity index is 2700. The Labute approximate surface area is 405 Å². The molecule has 1 aliphatic carbocycles. The molecule has 17 heteroatoms. The van der Waals surface area contributed by atoms with Crippen molar-refractivity contribution in [2.24, 2.45) is 23.7 Å². The minimum Gasteiger partial charge on any atom is -0.497 e. The number of fused-ring (bicyclic) bond motifs is 14. The molecule has 9 atom stereocenters. The van der Waals surface area contributed by atoms with Gasteiger partial charge in [0.1, 0.15) is 34.7 Å². The number of amides is 1. The van der Waals surface area contributed by atoms with E-state index in [9.17, 15) is 29.4 Å². The highest BCUT2D eigenvalue weighted by Crippen LogP contribution is 2.49. The lowest BCUT2D eigenvalue weighted by atomic mass is 9.78. The first-order valence-electron chi connectivity index (χ1n) is 22.3. The molecule has 0 radical (unpaired) electrons. The van der Waals surface area contributed by atoms with Crippen LogP contribution in [0.5, 0.6) is 17.2 Å². The number of hydrogen-bond acceptors (Lipinski definition) is 15. The summed E-state index contributed by atoms with van der Waals surface area (Å²) in [5.41, 5.74) is -1.33. The molecule has 0 saturated heterocycles. The predicted molar refractivity (Wildman–Crippen MR) is 254 cm³/mol. The van der Waals surface area contributed by atoms with E-state index in [1.54, 1.807) is 71.0 Å². The summed E-state index contributed by atoms with van der Waals surface area (Å²) < 4.78 is 35.2. The first-order valence-corrected chi connectivity index (χ1v) is 22.7. The maximum atomic E-state index is 15.3. The smallest absolute Gasteiger partial charge is 0.343 e. The molecule has 4 N–H and O–H groups in total. The summed E-state index contributed by atoms with van der Waals surface area (Å²) in [5, 5.41) is 28.9. The van der Waals surface area contributed by atoms with Gasteiger partial charge < -0.3 is 49.3 Å². The van der Waals surface area contributed by atoms with Crippen LogP contribution in [0.25, 0.3) is 0 Å². The van der Waals surface area contributed by atoms with Gasteiger partial charge in [0.15, 0.2) is 0 Å². The van der Waals surface area contributed by atoms with Gasteiger partial charge in [-0.25, -0.2) is 4.79 Å². The molecule has 3 heterocycles. The topological polar surface area (TPSA) is 222 Å². The van der Waals surface area contributed by atoms with Gasteiger partial charge in [-0.15, -0.1) is 0 Å². The number of rotatable bonds is 7. The summed E-state index contributed by atoms with van der Waals surface area (Å²) in [6.07, 6.45) is 3.08. The standard InChI is InChI=1S/C52H57ClN2O14/c1-24-15-16-32(23-35(24)53)51(63)68-47-30(7)48-39-37-38(47)45(60)41(40(44(37)59)54-33-17-19-34(64-10)20-18-33)55-50(62)26(3)14-12-13-25(2)42(57)28(5)43(58)29(6)46(67-31(8)56)27(4)36(65-11)21-22-66-52(9,69-48)49(39)61/h12-23,25,27-29,36,42-43,46,54,57-58H,1-11H3,(H,55,62). The van der Waals surface area contributed by atoms with Crippen LogP contribution < -0.4 is 24.8 Å². The Kier molecular flexibility index (Phi) is 15.7. The van der Waals surface area contributed by atoms with Crippen molar-refractivity contribution in [1.82, 2.24) is 5.32 Å². The summed E-state index contributed by atoms with van der Waals surface area (Å²) in [6.45, 7) is 14.0. The maximum absolute atomic E-state index is 15.3. The van der Waals surface area contributed by atoms with E-state index >= 15 is 9.59 Å². The van der Waals surface area contributed by atoms with Crippen molar-refractivity contribution in [3.05, 3.63) is 128 Å². The van der Waals surface area contributed by atoms with E-state index in [0.29, 0.717) is 11.3 Å². The summed E-state index contributed by atoms with van der Waals surface area (Å²) in [4.78, 5) is 85.9. The van der Waals surface area contributed by atoms with E-state index in [1.807, 2.05) is 0 Å². The summed E-state index contributed by atoms with van der Waals surface area (Å²) in [5.74, 6) is -10.3. The van der Waals surface area contributed by atoms with Crippen molar-refractivity contribution in [3.63, 3.8) is 0 Å². The molecule has 4 aliphatic rings. The molecule has 3 aliphatic heterocycles. The van der Waals surface area contributed by atoms with Crippen LogP contribution in [0.3, 0.4) is 0 Å². The van der Waals surface area contributed by atoms with Crippen LogP contribution in [0.2, 0.25) is 5.02 Å². The number of esters is 2. The number of methoxy groups -OCH3 is 2. The first-order chi connectivity index (χ1) is 32.5.